The van der Waals surface area contributed by atoms with Gasteiger partial charge in [0.05, 0.1) is 6.04 Å². The van der Waals surface area contributed by atoms with Crippen LogP contribution < -0.4 is 15.4 Å². The number of alkyl halides is 2. The van der Waals surface area contributed by atoms with Gasteiger partial charge in [-0.25, -0.2) is 8.78 Å². The Bertz CT molecular complexity index is 736. The molecule has 0 aliphatic carbocycles. The third kappa shape index (κ3) is 6.18. The highest BCUT2D eigenvalue weighted by Gasteiger charge is 2.17. The Balaban J connectivity index is 0.00000261. The molecule has 1 aromatic carbocycles. The zero-order valence-corrected chi connectivity index (χ0v) is 15.6. The average molecular weight is 401 g/mol. The second-order valence-electron chi connectivity index (χ2n) is 6.21. The number of halogens is 3. The van der Waals surface area contributed by atoms with Crippen molar-refractivity contribution >= 4 is 18.3 Å². The van der Waals surface area contributed by atoms with Crippen LogP contribution in [0.15, 0.2) is 36.5 Å². The number of hydrogen-bond acceptors (Lipinski definition) is 4. The number of piperidine rings is 1. The lowest BCUT2D eigenvalue weighted by Crippen LogP contribution is -2.32. The van der Waals surface area contributed by atoms with Crippen LogP contribution in [0.1, 0.15) is 34.9 Å². The maximum absolute atomic E-state index is 12.3. The molecule has 1 unspecified atom stereocenters. The summed E-state index contributed by atoms with van der Waals surface area (Å²) >= 11 is 0. The van der Waals surface area contributed by atoms with E-state index in [1.54, 1.807) is 30.3 Å². The molecule has 1 fully saturated rings. The quantitative estimate of drug-likeness (QED) is 0.750. The van der Waals surface area contributed by atoms with Crippen molar-refractivity contribution in [3.8, 4) is 5.75 Å². The van der Waals surface area contributed by atoms with E-state index in [0.29, 0.717) is 11.4 Å². The number of amides is 1. The van der Waals surface area contributed by atoms with Gasteiger partial charge in [0.1, 0.15) is 18.1 Å². The summed E-state index contributed by atoms with van der Waals surface area (Å²) in [5.74, 6) is 0.0811. The minimum atomic E-state index is -2.52. The van der Waals surface area contributed by atoms with Crippen molar-refractivity contribution in [3.63, 3.8) is 0 Å². The van der Waals surface area contributed by atoms with Crippen molar-refractivity contribution in [3.05, 3.63) is 47.8 Å². The van der Waals surface area contributed by atoms with Crippen LogP contribution in [0, 0.1) is 0 Å². The van der Waals surface area contributed by atoms with E-state index in [1.165, 1.54) is 0 Å². The molecule has 148 valence electrons. The van der Waals surface area contributed by atoms with Crippen LogP contribution in [-0.2, 0) is 6.54 Å². The molecule has 0 spiro atoms. The SMILES string of the molecule is Cl.O=C(NCc1cccc(OCC(F)F)c1)c1ccn(C2CCCNC2)n1. The highest BCUT2D eigenvalue weighted by molar-refractivity contribution is 5.92. The standard InChI is InChI=1S/C18H22F2N4O2.ClH/c19-17(20)12-26-15-5-1-3-13(9-15)10-22-18(25)16-6-8-24(23-16)14-4-2-7-21-11-14;/h1,3,5-6,8-9,14,17,21H,2,4,7,10-12H2,(H,22,25);1H. The molecule has 0 bridgehead atoms. The molecule has 27 heavy (non-hydrogen) atoms. The van der Waals surface area contributed by atoms with Gasteiger partial charge in [-0.05, 0) is 43.1 Å². The van der Waals surface area contributed by atoms with Crippen LogP contribution >= 0.6 is 12.4 Å². The van der Waals surface area contributed by atoms with E-state index in [0.717, 1.165) is 31.5 Å². The summed E-state index contributed by atoms with van der Waals surface area (Å²) in [6.45, 7) is 1.49. The molecule has 2 N–H and O–H groups in total. The average Bonchev–Trinajstić information content (AvgIpc) is 3.16. The molecule has 2 heterocycles. The summed E-state index contributed by atoms with van der Waals surface area (Å²) in [7, 11) is 0. The fraction of sp³-hybridized carbons (Fsp3) is 0.444. The first-order valence-electron chi connectivity index (χ1n) is 8.66. The first-order chi connectivity index (χ1) is 12.6. The normalized spacial score (nSPS) is 16.6. The maximum atomic E-state index is 12.3. The molecular formula is C18H23ClF2N4O2. The number of carbonyl (C=O) groups is 1. The van der Waals surface area contributed by atoms with Crippen LogP contribution in [0.5, 0.6) is 5.75 Å². The second-order valence-corrected chi connectivity index (χ2v) is 6.21. The van der Waals surface area contributed by atoms with Crippen LogP contribution in [0.4, 0.5) is 8.78 Å². The Hall–Kier alpha value is -2.19. The van der Waals surface area contributed by atoms with Crippen molar-refractivity contribution < 1.29 is 18.3 Å². The van der Waals surface area contributed by atoms with Gasteiger partial charge < -0.3 is 15.4 Å². The van der Waals surface area contributed by atoms with Crippen molar-refractivity contribution in [1.82, 2.24) is 20.4 Å². The van der Waals surface area contributed by atoms with Gasteiger partial charge in [0, 0.05) is 19.3 Å². The monoisotopic (exact) mass is 400 g/mol. The second kappa shape index (κ2) is 10.2. The smallest absolute Gasteiger partial charge is 0.272 e. The number of aromatic nitrogens is 2. The van der Waals surface area contributed by atoms with E-state index in [-0.39, 0.29) is 30.9 Å². The van der Waals surface area contributed by atoms with Crippen LogP contribution in [0.3, 0.4) is 0 Å². The molecule has 6 nitrogen and oxygen atoms in total. The molecule has 1 atom stereocenters. The summed E-state index contributed by atoms with van der Waals surface area (Å²) in [5, 5.41) is 10.5. The van der Waals surface area contributed by atoms with Crippen molar-refractivity contribution in [2.45, 2.75) is 31.9 Å². The number of rotatable bonds is 7. The predicted octanol–water partition coefficient (Wildman–Crippen LogP) is 2.80. The van der Waals surface area contributed by atoms with Gasteiger partial charge in [-0.3, -0.25) is 9.48 Å². The molecule has 1 aliphatic heterocycles. The topological polar surface area (TPSA) is 68.2 Å². The Morgan fingerprint density at radius 3 is 3.00 bits per heavy atom. The van der Waals surface area contributed by atoms with E-state index in [1.807, 2.05) is 10.9 Å². The number of nitrogens with zero attached hydrogens (tertiary/aromatic N) is 2. The molecule has 1 aliphatic rings. The zero-order valence-electron chi connectivity index (χ0n) is 14.7. The minimum Gasteiger partial charge on any atom is -0.488 e. The largest absolute Gasteiger partial charge is 0.488 e. The maximum Gasteiger partial charge on any atom is 0.272 e. The molecular weight excluding hydrogens is 378 g/mol. The van der Waals surface area contributed by atoms with Crippen LogP contribution in [0.25, 0.3) is 0 Å². The van der Waals surface area contributed by atoms with E-state index in [2.05, 4.69) is 15.7 Å². The number of carbonyl (C=O) groups excluding carboxylic acids is 1. The first kappa shape index (κ1) is 21.1. The lowest BCUT2D eigenvalue weighted by molar-refractivity contribution is 0.0818. The van der Waals surface area contributed by atoms with Gasteiger partial charge in [0.2, 0.25) is 0 Å². The summed E-state index contributed by atoms with van der Waals surface area (Å²) in [6, 6.07) is 8.71. The summed E-state index contributed by atoms with van der Waals surface area (Å²) in [4.78, 5) is 12.3. The number of nitrogens with one attached hydrogen (secondary N) is 2. The van der Waals surface area contributed by atoms with Gasteiger partial charge in [-0.15, -0.1) is 12.4 Å². The molecule has 0 radical (unpaired) electrons. The third-order valence-electron chi connectivity index (χ3n) is 4.21. The van der Waals surface area contributed by atoms with Gasteiger partial charge in [-0.1, -0.05) is 12.1 Å². The Morgan fingerprint density at radius 1 is 1.41 bits per heavy atom. The summed E-state index contributed by atoms with van der Waals surface area (Å²) < 4.78 is 31.2. The molecule has 9 heteroatoms. The molecule has 0 saturated carbocycles. The lowest BCUT2D eigenvalue weighted by Gasteiger charge is -2.22. The summed E-state index contributed by atoms with van der Waals surface area (Å²) in [6.07, 6.45) is 1.44. The molecule has 1 aromatic heterocycles. The van der Waals surface area contributed by atoms with Crippen molar-refractivity contribution in [2.75, 3.05) is 19.7 Å². The summed E-state index contributed by atoms with van der Waals surface area (Å²) in [5.41, 5.74) is 1.13. The highest BCUT2D eigenvalue weighted by Crippen LogP contribution is 2.16. The van der Waals surface area contributed by atoms with E-state index in [9.17, 15) is 13.6 Å². The number of ether oxygens (including phenoxy) is 1. The van der Waals surface area contributed by atoms with Gasteiger partial charge in [-0.2, -0.15) is 5.10 Å². The fourth-order valence-corrected chi connectivity index (χ4v) is 2.90. The lowest BCUT2D eigenvalue weighted by atomic mass is 10.1. The van der Waals surface area contributed by atoms with E-state index < -0.39 is 13.0 Å². The molecule has 1 saturated heterocycles. The van der Waals surface area contributed by atoms with E-state index >= 15 is 0 Å². The third-order valence-corrected chi connectivity index (χ3v) is 4.21. The molecule has 1 amide bonds. The number of hydrogen-bond donors (Lipinski definition) is 2. The van der Waals surface area contributed by atoms with Crippen LogP contribution in [-0.4, -0.2) is 41.8 Å². The highest BCUT2D eigenvalue weighted by atomic mass is 35.5. The number of benzene rings is 1. The van der Waals surface area contributed by atoms with Crippen molar-refractivity contribution in [2.24, 2.45) is 0 Å². The predicted molar refractivity (Wildman–Crippen MR) is 99.7 cm³/mol. The van der Waals surface area contributed by atoms with Crippen LogP contribution in [0.2, 0.25) is 0 Å². The molecule has 2 aromatic rings. The minimum absolute atomic E-state index is 0. The van der Waals surface area contributed by atoms with Gasteiger partial charge >= 0.3 is 0 Å². The Kier molecular flexibility index (Phi) is 7.99. The van der Waals surface area contributed by atoms with Crippen molar-refractivity contribution in [1.29, 1.82) is 0 Å². The van der Waals surface area contributed by atoms with E-state index in [4.69, 9.17) is 4.74 Å². The van der Waals surface area contributed by atoms with Gasteiger partial charge in [0.15, 0.2) is 0 Å². The first-order valence-corrected chi connectivity index (χ1v) is 8.66. The Morgan fingerprint density at radius 2 is 2.26 bits per heavy atom. The fourth-order valence-electron chi connectivity index (χ4n) is 2.90. The molecule has 3 rings (SSSR count). The van der Waals surface area contributed by atoms with Gasteiger partial charge in [0.25, 0.3) is 12.3 Å². The Labute approximate surface area is 162 Å². The zero-order chi connectivity index (χ0) is 18.4.